The summed E-state index contributed by atoms with van der Waals surface area (Å²) in [6.07, 6.45) is 5.61. The Bertz CT molecular complexity index is 1130. The first-order valence-corrected chi connectivity index (χ1v) is 12.0. The van der Waals surface area contributed by atoms with Crippen molar-refractivity contribution in [3.63, 3.8) is 0 Å². The molecule has 1 N–H and O–H groups in total. The van der Waals surface area contributed by atoms with Crippen LogP contribution in [0.4, 0.5) is 0 Å². The molecule has 0 unspecified atom stereocenters. The molecule has 0 spiro atoms. The summed E-state index contributed by atoms with van der Waals surface area (Å²) in [5.74, 6) is -0.0240. The Kier molecular flexibility index (Phi) is 6.27. The van der Waals surface area contributed by atoms with Crippen LogP contribution in [0.2, 0.25) is 0 Å². The fourth-order valence-electron chi connectivity index (χ4n) is 5.43. The van der Waals surface area contributed by atoms with Crippen molar-refractivity contribution >= 4 is 16.8 Å². The Morgan fingerprint density at radius 2 is 1.88 bits per heavy atom. The average molecular weight is 449 g/mol. The Morgan fingerprint density at radius 1 is 1.15 bits per heavy atom. The van der Waals surface area contributed by atoms with Gasteiger partial charge in [0.15, 0.2) is 5.69 Å². The van der Waals surface area contributed by atoms with E-state index in [9.17, 15) is 4.79 Å². The van der Waals surface area contributed by atoms with E-state index in [4.69, 9.17) is 0 Å². The van der Waals surface area contributed by atoms with Crippen molar-refractivity contribution in [1.29, 1.82) is 0 Å². The molecule has 0 radical (unpaired) electrons. The second-order valence-corrected chi connectivity index (χ2v) is 10.6. The highest BCUT2D eigenvalue weighted by atomic mass is 16.2. The Labute approximate surface area is 196 Å². The lowest BCUT2D eigenvalue weighted by Crippen LogP contribution is -2.63. The minimum absolute atomic E-state index is 0.0240. The van der Waals surface area contributed by atoms with Crippen LogP contribution in [0.5, 0.6) is 0 Å². The van der Waals surface area contributed by atoms with Gasteiger partial charge in [-0.3, -0.25) is 9.78 Å². The summed E-state index contributed by atoms with van der Waals surface area (Å²) in [6.45, 7) is 13.7. The van der Waals surface area contributed by atoms with Crippen molar-refractivity contribution in [3.8, 4) is 5.69 Å². The van der Waals surface area contributed by atoms with Crippen LogP contribution in [0.15, 0.2) is 36.5 Å². The number of amides is 1. The number of rotatable bonds is 6. The van der Waals surface area contributed by atoms with Gasteiger partial charge in [0, 0.05) is 35.2 Å². The third-order valence-corrected chi connectivity index (χ3v) is 6.57. The standard InChI is InChI=1S/C26H36N6O/c1-7-8-15-31(19-16-25(3,4)29-26(5,6)17-19)24(33)23-18(2)32(30-28-23)22-13-9-12-21-20(22)11-10-14-27-21/h9-14,19,29H,7-8,15-17H2,1-6H3. The lowest BCUT2D eigenvalue weighted by molar-refractivity contribution is 0.0436. The molecule has 0 saturated carbocycles. The lowest BCUT2D eigenvalue weighted by Gasteiger charge is -2.49. The number of unbranched alkanes of at least 4 members (excludes halogenated alkanes) is 1. The van der Waals surface area contributed by atoms with E-state index >= 15 is 0 Å². The number of fused-ring (bicyclic) bond motifs is 1. The Balaban J connectivity index is 1.70. The molecule has 1 amide bonds. The summed E-state index contributed by atoms with van der Waals surface area (Å²) in [6, 6.07) is 10.0. The maximum atomic E-state index is 13.9. The second kappa shape index (κ2) is 8.86. The molecule has 4 rings (SSSR count). The quantitative estimate of drug-likeness (QED) is 0.593. The minimum Gasteiger partial charge on any atom is -0.334 e. The zero-order valence-electron chi connectivity index (χ0n) is 20.7. The number of hydrogen-bond acceptors (Lipinski definition) is 5. The SMILES string of the molecule is CCCCN(C(=O)c1nnn(-c2cccc3ncccc23)c1C)C1CC(C)(C)NC(C)(C)C1. The third kappa shape index (κ3) is 4.78. The topological polar surface area (TPSA) is 75.9 Å². The highest BCUT2D eigenvalue weighted by molar-refractivity contribution is 5.94. The normalized spacial score (nSPS) is 17.9. The van der Waals surface area contributed by atoms with Gasteiger partial charge in [0.25, 0.3) is 5.91 Å². The number of hydrogen-bond donors (Lipinski definition) is 1. The first kappa shape index (κ1) is 23.4. The van der Waals surface area contributed by atoms with Crippen LogP contribution < -0.4 is 5.32 Å². The van der Waals surface area contributed by atoms with Crippen LogP contribution in [0.25, 0.3) is 16.6 Å². The number of aromatic nitrogens is 4. The Hall–Kier alpha value is -2.80. The average Bonchev–Trinajstić information content (AvgIpc) is 3.12. The van der Waals surface area contributed by atoms with Gasteiger partial charge < -0.3 is 10.2 Å². The van der Waals surface area contributed by atoms with Crippen molar-refractivity contribution in [3.05, 3.63) is 47.9 Å². The molecule has 7 nitrogen and oxygen atoms in total. The van der Waals surface area contributed by atoms with Gasteiger partial charge >= 0.3 is 0 Å². The van der Waals surface area contributed by atoms with Crippen molar-refractivity contribution in [2.24, 2.45) is 0 Å². The van der Waals surface area contributed by atoms with Crippen LogP contribution in [-0.2, 0) is 0 Å². The summed E-state index contributed by atoms with van der Waals surface area (Å²) in [4.78, 5) is 20.4. The first-order valence-electron chi connectivity index (χ1n) is 12.0. The summed E-state index contributed by atoms with van der Waals surface area (Å²) in [7, 11) is 0. The van der Waals surface area contributed by atoms with E-state index in [1.807, 2.05) is 37.3 Å². The molecule has 3 heterocycles. The van der Waals surface area contributed by atoms with Crippen molar-refractivity contribution in [2.45, 2.75) is 84.3 Å². The van der Waals surface area contributed by atoms with Crippen molar-refractivity contribution in [2.75, 3.05) is 6.54 Å². The van der Waals surface area contributed by atoms with Crippen molar-refractivity contribution in [1.82, 2.24) is 30.2 Å². The van der Waals surface area contributed by atoms with E-state index in [0.29, 0.717) is 5.69 Å². The molecule has 0 atom stereocenters. The molecule has 1 aliphatic rings. The van der Waals surface area contributed by atoms with Crippen LogP contribution in [-0.4, -0.2) is 54.4 Å². The van der Waals surface area contributed by atoms with E-state index < -0.39 is 0 Å². The molecule has 7 heteroatoms. The third-order valence-electron chi connectivity index (χ3n) is 6.57. The summed E-state index contributed by atoms with van der Waals surface area (Å²) in [5.41, 5.74) is 2.88. The number of pyridine rings is 1. The number of carbonyl (C=O) groups is 1. The second-order valence-electron chi connectivity index (χ2n) is 10.6. The molecule has 176 valence electrons. The predicted molar refractivity (Wildman–Crippen MR) is 132 cm³/mol. The first-order chi connectivity index (χ1) is 15.6. The van der Waals surface area contributed by atoms with Gasteiger partial charge in [-0.15, -0.1) is 5.10 Å². The molecule has 2 aromatic heterocycles. The van der Waals surface area contributed by atoms with E-state index in [-0.39, 0.29) is 23.0 Å². The van der Waals surface area contributed by atoms with Gasteiger partial charge in [0.05, 0.1) is 16.9 Å². The smallest absolute Gasteiger partial charge is 0.276 e. The molecule has 1 aromatic carbocycles. The molecule has 33 heavy (non-hydrogen) atoms. The summed E-state index contributed by atoms with van der Waals surface area (Å²) in [5, 5.41) is 13.5. The van der Waals surface area contributed by atoms with Crippen LogP contribution >= 0.6 is 0 Å². The maximum Gasteiger partial charge on any atom is 0.276 e. The van der Waals surface area contributed by atoms with Gasteiger partial charge in [-0.25, -0.2) is 4.68 Å². The van der Waals surface area contributed by atoms with E-state index in [1.165, 1.54) is 0 Å². The molecular weight excluding hydrogens is 412 g/mol. The van der Waals surface area contributed by atoms with Crippen molar-refractivity contribution < 1.29 is 4.79 Å². The van der Waals surface area contributed by atoms with E-state index in [1.54, 1.807) is 10.9 Å². The monoisotopic (exact) mass is 448 g/mol. The Morgan fingerprint density at radius 3 is 2.58 bits per heavy atom. The zero-order valence-corrected chi connectivity index (χ0v) is 20.7. The molecule has 3 aromatic rings. The molecule has 1 fully saturated rings. The largest absolute Gasteiger partial charge is 0.334 e. The number of benzene rings is 1. The van der Waals surface area contributed by atoms with Crippen LogP contribution in [0.1, 0.15) is 76.5 Å². The van der Waals surface area contributed by atoms with Crippen LogP contribution in [0.3, 0.4) is 0 Å². The van der Waals surface area contributed by atoms with Gasteiger partial charge in [0.2, 0.25) is 0 Å². The highest BCUT2D eigenvalue weighted by Crippen LogP contribution is 2.33. The fourth-order valence-corrected chi connectivity index (χ4v) is 5.43. The lowest BCUT2D eigenvalue weighted by atomic mass is 9.79. The zero-order chi connectivity index (χ0) is 23.8. The predicted octanol–water partition coefficient (Wildman–Crippen LogP) is 4.68. The molecular formula is C26H36N6O. The van der Waals surface area contributed by atoms with Crippen LogP contribution in [0, 0.1) is 6.92 Å². The highest BCUT2D eigenvalue weighted by Gasteiger charge is 2.41. The fraction of sp³-hybridized carbons (Fsp3) is 0.538. The number of nitrogens with one attached hydrogen (secondary N) is 1. The van der Waals surface area contributed by atoms with E-state index in [2.05, 4.69) is 60.1 Å². The van der Waals surface area contributed by atoms with E-state index in [0.717, 1.165) is 54.5 Å². The molecule has 1 aliphatic heterocycles. The number of carbonyl (C=O) groups excluding carboxylic acids is 1. The summed E-state index contributed by atoms with van der Waals surface area (Å²) >= 11 is 0. The molecule has 1 saturated heterocycles. The molecule has 0 bridgehead atoms. The number of nitrogens with zero attached hydrogens (tertiary/aromatic N) is 5. The minimum atomic E-state index is -0.0419. The summed E-state index contributed by atoms with van der Waals surface area (Å²) < 4.78 is 1.77. The molecule has 0 aliphatic carbocycles. The van der Waals surface area contributed by atoms with Gasteiger partial charge in [-0.1, -0.05) is 24.6 Å². The van der Waals surface area contributed by atoms with Gasteiger partial charge in [-0.05, 0) is 78.1 Å². The maximum absolute atomic E-state index is 13.9. The number of piperidine rings is 1. The van der Waals surface area contributed by atoms with Gasteiger partial charge in [-0.2, -0.15) is 0 Å². The van der Waals surface area contributed by atoms with Gasteiger partial charge in [0.1, 0.15) is 0 Å².